The molecule has 0 bridgehead atoms. The Bertz CT molecular complexity index is 455. The Morgan fingerprint density at radius 3 is 2.47 bits per heavy atom. The van der Waals surface area contributed by atoms with Gasteiger partial charge in [-0.2, -0.15) is 0 Å². The van der Waals surface area contributed by atoms with Crippen molar-refractivity contribution in [2.75, 3.05) is 13.7 Å². The normalized spacial score (nSPS) is 11.9. The standard InChI is InChI=1S/C13H21NO3/c1-9-8-10(2)14(6-7-17-5)12(15)11(9)13(3,4)16/h8,16H,6-7H2,1-5H3. The van der Waals surface area contributed by atoms with Gasteiger partial charge >= 0.3 is 0 Å². The lowest BCUT2D eigenvalue weighted by molar-refractivity contribution is 0.0754. The van der Waals surface area contributed by atoms with Gasteiger partial charge < -0.3 is 14.4 Å². The van der Waals surface area contributed by atoms with Crippen LogP contribution in [0.4, 0.5) is 0 Å². The topological polar surface area (TPSA) is 51.5 Å². The van der Waals surface area contributed by atoms with Crippen LogP contribution in [0.3, 0.4) is 0 Å². The quantitative estimate of drug-likeness (QED) is 0.862. The van der Waals surface area contributed by atoms with Crippen molar-refractivity contribution in [1.82, 2.24) is 4.57 Å². The highest BCUT2D eigenvalue weighted by Gasteiger charge is 2.24. The first-order valence-electron chi connectivity index (χ1n) is 5.72. The van der Waals surface area contributed by atoms with Crippen molar-refractivity contribution in [2.24, 2.45) is 0 Å². The van der Waals surface area contributed by atoms with E-state index >= 15 is 0 Å². The van der Waals surface area contributed by atoms with Gasteiger partial charge in [-0.25, -0.2) is 0 Å². The predicted molar refractivity (Wildman–Crippen MR) is 67.3 cm³/mol. The molecule has 0 radical (unpaired) electrons. The number of nitrogens with zero attached hydrogens (tertiary/aromatic N) is 1. The summed E-state index contributed by atoms with van der Waals surface area (Å²) in [6.07, 6.45) is 0. The summed E-state index contributed by atoms with van der Waals surface area (Å²) in [6.45, 7) is 7.99. The van der Waals surface area contributed by atoms with Gasteiger partial charge in [-0.1, -0.05) is 0 Å². The maximum Gasteiger partial charge on any atom is 0.257 e. The second kappa shape index (κ2) is 5.02. The molecule has 0 aliphatic heterocycles. The maximum atomic E-state index is 12.3. The van der Waals surface area contributed by atoms with Crippen LogP contribution in [0, 0.1) is 13.8 Å². The van der Waals surface area contributed by atoms with E-state index in [1.54, 1.807) is 25.5 Å². The van der Waals surface area contributed by atoms with E-state index in [0.29, 0.717) is 18.7 Å². The van der Waals surface area contributed by atoms with E-state index in [-0.39, 0.29) is 5.56 Å². The first-order valence-corrected chi connectivity index (χ1v) is 5.72. The van der Waals surface area contributed by atoms with Crippen LogP contribution in [-0.2, 0) is 16.9 Å². The van der Waals surface area contributed by atoms with Crippen LogP contribution in [-0.4, -0.2) is 23.4 Å². The van der Waals surface area contributed by atoms with Gasteiger partial charge in [0, 0.05) is 19.3 Å². The van der Waals surface area contributed by atoms with Crippen LogP contribution >= 0.6 is 0 Å². The Labute approximate surface area is 102 Å². The molecular weight excluding hydrogens is 218 g/mol. The number of aromatic nitrogens is 1. The summed E-state index contributed by atoms with van der Waals surface area (Å²) in [4.78, 5) is 12.3. The minimum atomic E-state index is -1.12. The zero-order valence-electron chi connectivity index (χ0n) is 11.2. The zero-order valence-corrected chi connectivity index (χ0v) is 11.2. The summed E-state index contributed by atoms with van der Waals surface area (Å²) in [5.74, 6) is 0. The minimum Gasteiger partial charge on any atom is -0.386 e. The lowest BCUT2D eigenvalue weighted by Gasteiger charge is -2.22. The van der Waals surface area contributed by atoms with Crippen LogP contribution in [0.15, 0.2) is 10.9 Å². The minimum absolute atomic E-state index is 0.132. The van der Waals surface area contributed by atoms with Gasteiger partial charge in [-0.15, -0.1) is 0 Å². The van der Waals surface area contributed by atoms with E-state index in [2.05, 4.69) is 0 Å². The fourth-order valence-corrected chi connectivity index (χ4v) is 2.13. The van der Waals surface area contributed by atoms with Crippen LogP contribution in [0.5, 0.6) is 0 Å². The summed E-state index contributed by atoms with van der Waals surface area (Å²) in [7, 11) is 1.60. The fraction of sp³-hybridized carbons (Fsp3) is 0.615. The third kappa shape index (κ3) is 2.96. The molecule has 0 atom stereocenters. The Balaban J connectivity index is 3.39. The van der Waals surface area contributed by atoms with E-state index in [0.717, 1.165) is 11.3 Å². The van der Waals surface area contributed by atoms with Crippen LogP contribution < -0.4 is 5.56 Å². The third-order valence-electron chi connectivity index (χ3n) is 2.84. The first-order chi connectivity index (χ1) is 7.79. The molecule has 1 aromatic rings. The molecule has 0 saturated carbocycles. The van der Waals surface area contributed by atoms with Crippen molar-refractivity contribution in [2.45, 2.75) is 39.8 Å². The molecule has 0 unspecified atom stereocenters. The average molecular weight is 239 g/mol. The maximum absolute atomic E-state index is 12.3. The van der Waals surface area contributed by atoms with E-state index in [4.69, 9.17) is 4.74 Å². The molecule has 0 spiro atoms. The van der Waals surface area contributed by atoms with Gasteiger partial charge in [0.2, 0.25) is 0 Å². The Morgan fingerprint density at radius 1 is 1.41 bits per heavy atom. The zero-order chi connectivity index (χ0) is 13.2. The van der Waals surface area contributed by atoms with E-state index in [1.165, 1.54) is 0 Å². The molecule has 17 heavy (non-hydrogen) atoms. The van der Waals surface area contributed by atoms with Crippen molar-refractivity contribution in [3.63, 3.8) is 0 Å². The molecule has 0 saturated heterocycles. The van der Waals surface area contributed by atoms with Crippen molar-refractivity contribution in [3.8, 4) is 0 Å². The number of aliphatic hydroxyl groups is 1. The van der Waals surface area contributed by atoms with Gasteiger partial charge in [0.25, 0.3) is 5.56 Å². The highest BCUT2D eigenvalue weighted by molar-refractivity contribution is 5.30. The van der Waals surface area contributed by atoms with E-state index in [1.807, 2.05) is 19.9 Å². The summed E-state index contributed by atoms with van der Waals surface area (Å²) >= 11 is 0. The monoisotopic (exact) mass is 239 g/mol. The number of rotatable bonds is 4. The van der Waals surface area contributed by atoms with Gasteiger partial charge in [0.15, 0.2) is 0 Å². The van der Waals surface area contributed by atoms with E-state index < -0.39 is 5.60 Å². The van der Waals surface area contributed by atoms with Crippen LogP contribution in [0.25, 0.3) is 0 Å². The molecule has 0 fully saturated rings. The van der Waals surface area contributed by atoms with Gasteiger partial charge in [-0.05, 0) is 39.3 Å². The molecule has 4 nitrogen and oxygen atoms in total. The van der Waals surface area contributed by atoms with Crippen LogP contribution in [0.1, 0.15) is 30.7 Å². The number of aryl methyl sites for hydroxylation is 2. The van der Waals surface area contributed by atoms with Gasteiger partial charge in [0.1, 0.15) is 0 Å². The Kier molecular flexibility index (Phi) is 4.11. The van der Waals surface area contributed by atoms with Crippen molar-refractivity contribution in [1.29, 1.82) is 0 Å². The molecule has 0 amide bonds. The largest absolute Gasteiger partial charge is 0.386 e. The third-order valence-corrected chi connectivity index (χ3v) is 2.84. The number of hydrogen-bond donors (Lipinski definition) is 1. The molecule has 0 aromatic carbocycles. The number of ether oxygens (including phenoxy) is 1. The SMILES string of the molecule is COCCn1c(C)cc(C)c(C(C)(C)O)c1=O. The molecule has 4 heteroatoms. The summed E-state index contributed by atoms with van der Waals surface area (Å²) < 4.78 is 6.63. The molecule has 1 aromatic heterocycles. The average Bonchev–Trinajstić information content (AvgIpc) is 2.14. The van der Waals surface area contributed by atoms with Crippen LogP contribution in [0.2, 0.25) is 0 Å². The fourth-order valence-electron chi connectivity index (χ4n) is 2.13. The van der Waals surface area contributed by atoms with Crippen molar-refractivity contribution >= 4 is 0 Å². The lowest BCUT2D eigenvalue weighted by atomic mass is 9.95. The molecule has 1 heterocycles. The smallest absolute Gasteiger partial charge is 0.257 e. The van der Waals surface area contributed by atoms with Gasteiger partial charge in [0.05, 0.1) is 17.8 Å². The molecular formula is C13H21NO3. The first kappa shape index (κ1) is 13.9. The molecule has 0 aliphatic rings. The summed E-state index contributed by atoms with van der Waals surface area (Å²) in [5.41, 5.74) is 0.918. The lowest BCUT2D eigenvalue weighted by Crippen LogP contribution is -2.35. The molecule has 1 rings (SSSR count). The second-order valence-corrected chi connectivity index (χ2v) is 4.85. The van der Waals surface area contributed by atoms with E-state index in [9.17, 15) is 9.90 Å². The van der Waals surface area contributed by atoms with Gasteiger partial charge in [-0.3, -0.25) is 4.79 Å². The Morgan fingerprint density at radius 2 is 2.00 bits per heavy atom. The molecule has 1 N–H and O–H groups in total. The second-order valence-electron chi connectivity index (χ2n) is 4.85. The van der Waals surface area contributed by atoms with Crippen molar-refractivity contribution in [3.05, 3.63) is 33.2 Å². The molecule has 96 valence electrons. The summed E-state index contributed by atoms with van der Waals surface area (Å²) in [6, 6.07) is 1.92. The summed E-state index contributed by atoms with van der Waals surface area (Å²) in [5, 5.41) is 10.0. The predicted octanol–water partition coefficient (Wildman–Crippen LogP) is 1.34. The highest BCUT2D eigenvalue weighted by atomic mass is 16.5. The highest BCUT2D eigenvalue weighted by Crippen LogP contribution is 2.20. The number of methoxy groups -OCH3 is 1. The number of hydrogen-bond acceptors (Lipinski definition) is 3. The number of pyridine rings is 1. The molecule has 0 aliphatic carbocycles. The van der Waals surface area contributed by atoms with Crippen molar-refractivity contribution < 1.29 is 9.84 Å². The Hall–Kier alpha value is -1.13.